The number of carbonyl (C=O) groups excluding carboxylic acids is 1. The molecular formula is C17H20N2O4S. The number of hydrazine groups is 1. The Morgan fingerprint density at radius 2 is 1.75 bits per heavy atom. The molecule has 0 aliphatic carbocycles. The number of hydrogen-bond donors (Lipinski definition) is 3. The fraction of sp³-hybridized carbons (Fsp3) is 0.235. The van der Waals surface area contributed by atoms with Gasteiger partial charge in [0, 0.05) is 0 Å². The molecule has 24 heavy (non-hydrogen) atoms. The van der Waals surface area contributed by atoms with E-state index in [1.165, 1.54) is 24.3 Å². The van der Waals surface area contributed by atoms with Crippen LogP contribution in [0.1, 0.15) is 42.1 Å². The fourth-order valence-corrected chi connectivity index (χ4v) is 2.96. The third-order valence-corrected chi connectivity index (χ3v) is 5.08. The quantitative estimate of drug-likeness (QED) is 0.699. The number of sulfonamides is 1. The molecule has 0 aliphatic rings. The molecule has 1 atom stereocenters. The third-order valence-electron chi connectivity index (χ3n) is 3.82. The molecule has 3 N–H and O–H groups in total. The molecule has 128 valence electrons. The monoisotopic (exact) mass is 348 g/mol. The van der Waals surface area contributed by atoms with Crippen LogP contribution in [0.4, 0.5) is 0 Å². The van der Waals surface area contributed by atoms with Gasteiger partial charge in [-0.2, -0.15) is 0 Å². The number of phenolic OH excluding ortho intramolecular Hbond substituents is 1. The summed E-state index contributed by atoms with van der Waals surface area (Å²) in [5.74, 6) is -0.629. The van der Waals surface area contributed by atoms with E-state index in [4.69, 9.17) is 0 Å². The molecule has 7 heteroatoms. The van der Waals surface area contributed by atoms with Crippen molar-refractivity contribution in [2.75, 3.05) is 0 Å². The molecule has 0 bridgehead atoms. The lowest BCUT2D eigenvalue weighted by Crippen LogP contribution is -2.41. The number of benzene rings is 2. The third kappa shape index (κ3) is 4.12. The zero-order valence-electron chi connectivity index (χ0n) is 13.5. The van der Waals surface area contributed by atoms with Crippen LogP contribution >= 0.6 is 0 Å². The van der Waals surface area contributed by atoms with Crippen LogP contribution in [-0.4, -0.2) is 19.4 Å². The Morgan fingerprint density at radius 3 is 2.33 bits per heavy atom. The molecule has 2 aromatic rings. The van der Waals surface area contributed by atoms with E-state index in [2.05, 4.69) is 19.3 Å². The Labute approximate surface area is 141 Å². The van der Waals surface area contributed by atoms with Crippen LogP contribution in [0.25, 0.3) is 0 Å². The molecule has 0 heterocycles. The van der Waals surface area contributed by atoms with Crippen molar-refractivity contribution in [3.63, 3.8) is 0 Å². The minimum Gasteiger partial charge on any atom is -0.507 e. The van der Waals surface area contributed by atoms with Gasteiger partial charge in [0.05, 0.1) is 10.5 Å². The molecule has 0 spiro atoms. The van der Waals surface area contributed by atoms with Crippen molar-refractivity contribution in [2.45, 2.75) is 31.1 Å². The van der Waals surface area contributed by atoms with Crippen molar-refractivity contribution in [2.24, 2.45) is 0 Å². The van der Waals surface area contributed by atoms with E-state index in [-0.39, 0.29) is 16.2 Å². The lowest BCUT2D eigenvalue weighted by atomic mass is 9.99. The van der Waals surface area contributed by atoms with Crippen LogP contribution in [-0.2, 0) is 10.0 Å². The first kappa shape index (κ1) is 18.0. The molecule has 0 radical (unpaired) electrons. The number of nitrogens with one attached hydrogen (secondary N) is 2. The highest BCUT2D eigenvalue weighted by Gasteiger charge is 2.17. The number of aromatic hydroxyl groups is 1. The number of hydrogen-bond acceptors (Lipinski definition) is 4. The van der Waals surface area contributed by atoms with Crippen molar-refractivity contribution in [3.8, 4) is 5.75 Å². The molecule has 0 saturated heterocycles. The van der Waals surface area contributed by atoms with E-state index in [0.717, 1.165) is 12.0 Å². The van der Waals surface area contributed by atoms with Gasteiger partial charge in [-0.1, -0.05) is 38.1 Å². The largest absolute Gasteiger partial charge is 0.507 e. The predicted molar refractivity (Wildman–Crippen MR) is 91.0 cm³/mol. The topological polar surface area (TPSA) is 95.5 Å². The average molecular weight is 348 g/mol. The Balaban J connectivity index is 2.09. The van der Waals surface area contributed by atoms with Gasteiger partial charge in [-0.05, 0) is 42.2 Å². The van der Waals surface area contributed by atoms with Crippen molar-refractivity contribution in [3.05, 3.63) is 59.7 Å². The SMILES string of the molecule is CCC(C)c1ccc(S(=O)(=O)NNC(=O)c2ccccc2O)cc1. The van der Waals surface area contributed by atoms with Crippen molar-refractivity contribution in [1.29, 1.82) is 0 Å². The Bertz CT molecular complexity index is 817. The number of rotatable bonds is 6. The van der Waals surface area contributed by atoms with Crippen LogP contribution in [0.2, 0.25) is 0 Å². The maximum Gasteiger partial charge on any atom is 0.269 e. The van der Waals surface area contributed by atoms with Crippen molar-refractivity contribution < 1.29 is 18.3 Å². The van der Waals surface area contributed by atoms with E-state index in [1.807, 2.05) is 4.83 Å². The normalized spacial score (nSPS) is 12.6. The predicted octanol–water partition coefficient (Wildman–Crippen LogP) is 2.53. The molecule has 2 rings (SSSR count). The van der Waals surface area contributed by atoms with Gasteiger partial charge >= 0.3 is 0 Å². The zero-order valence-corrected chi connectivity index (χ0v) is 14.3. The Kier molecular flexibility index (Phi) is 5.58. The summed E-state index contributed by atoms with van der Waals surface area (Å²) >= 11 is 0. The number of carbonyl (C=O) groups is 1. The summed E-state index contributed by atoms with van der Waals surface area (Å²) in [6.45, 7) is 4.12. The summed E-state index contributed by atoms with van der Waals surface area (Å²) in [6, 6.07) is 12.4. The highest BCUT2D eigenvalue weighted by molar-refractivity contribution is 7.89. The van der Waals surface area contributed by atoms with E-state index in [9.17, 15) is 18.3 Å². The van der Waals surface area contributed by atoms with Gasteiger partial charge < -0.3 is 5.11 Å². The van der Waals surface area contributed by atoms with E-state index < -0.39 is 15.9 Å². The van der Waals surface area contributed by atoms with Crippen LogP contribution in [0.15, 0.2) is 53.4 Å². The second-order valence-corrected chi connectivity index (χ2v) is 7.14. The standard InChI is InChI=1S/C17H20N2O4S/c1-3-12(2)13-8-10-14(11-9-13)24(22,23)19-18-17(21)15-6-4-5-7-16(15)20/h4-12,19-20H,3H2,1-2H3,(H,18,21). The highest BCUT2D eigenvalue weighted by Crippen LogP contribution is 2.20. The molecule has 2 aromatic carbocycles. The van der Waals surface area contributed by atoms with Gasteiger partial charge in [-0.3, -0.25) is 10.2 Å². The molecule has 1 amide bonds. The smallest absolute Gasteiger partial charge is 0.269 e. The van der Waals surface area contributed by atoms with E-state index in [0.29, 0.717) is 5.92 Å². The summed E-state index contributed by atoms with van der Waals surface area (Å²) in [5, 5.41) is 9.60. The van der Waals surface area contributed by atoms with Crippen LogP contribution in [0.3, 0.4) is 0 Å². The van der Waals surface area contributed by atoms with Gasteiger partial charge in [0.25, 0.3) is 15.9 Å². The lowest BCUT2D eigenvalue weighted by molar-refractivity contribution is 0.0942. The minimum atomic E-state index is -3.89. The van der Waals surface area contributed by atoms with Crippen molar-refractivity contribution in [1.82, 2.24) is 10.3 Å². The van der Waals surface area contributed by atoms with Crippen LogP contribution in [0.5, 0.6) is 5.75 Å². The van der Waals surface area contributed by atoms with Crippen LogP contribution in [0, 0.1) is 0 Å². The summed E-state index contributed by atoms with van der Waals surface area (Å²) in [5.41, 5.74) is 3.12. The van der Waals surface area contributed by atoms with Gasteiger partial charge in [-0.15, -0.1) is 4.83 Å². The molecule has 6 nitrogen and oxygen atoms in total. The molecule has 1 unspecified atom stereocenters. The summed E-state index contributed by atoms with van der Waals surface area (Å²) in [4.78, 5) is 14.0. The zero-order chi connectivity index (χ0) is 17.7. The molecule has 0 aromatic heterocycles. The first-order valence-electron chi connectivity index (χ1n) is 7.55. The molecule has 0 saturated carbocycles. The number of amides is 1. The maximum atomic E-state index is 12.2. The first-order chi connectivity index (χ1) is 11.3. The van der Waals surface area contributed by atoms with E-state index >= 15 is 0 Å². The van der Waals surface area contributed by atoms with E-state index in [1.54, 1.807) is 24.3 Å². The average Bonchev–Trinajstić information content (AvgIpc) is 2.59. The maximum absolute atomic E-state index is 12.2. The Morgan fingerprint density at radius 1 is 1.12 bits per heavy atom. The van der Waals surface area contributed by atoms with Crippen LogP contribution < -0.4 is 10.3 Å². The van der Waals surface area contributed by atoms with Gasteiger partial charge in [-0.25, -0.2) is 8.42 Å². The second kappa shape index (κ2) is 7.46. The fourth-order valence-electron chi connectivity index (χ4n) is 2.12. The molecule has 0 aliphatic heterocycles. The minimum absolute atomic E-state index is 0.0210. The molecular weight excluding hydrogens is 328 g/mol. The number of para-hydroxylation sites is 1. The summed E-state index contributed by atoms with van der Waals surface area (Å²) in [7, 11) is -3.89. The molecule has 0 fully saturated rings. The lowest BCUT2D eigenvalue weighted by Gasteiger charge is -2.11. The Hall–Kier alpha value is -2.38. The highest BCUT2D eigenvalue weighted by atomic mass is 32.2. The van der Waals surface area contributed by atoms with Gasteiger partial charge in [0.1, 0.15) is 5.75 Å². The first-order valence-corrected chi connectivity index (χ1v) is 9.03. The van der Waals surface area contributed by atoms with Gasteiger partial charge in [0.15, 0.2) is 0 Å². The number of phenols is 1. The van der Waals surface area contributed by atoms with Gasteiger partial charge in [0.2, 0.25) is 0 Å². The van der Waals surface area contributed by atoms with Crippen molar-refractivity contribution >= 4 is 15.9 Å². The summed E-state index contributed by atoms with van der Waals surface area (Å²) < 4.78 is 24.4. The summed E-state index contributed by atoms with van der Waals surface area (Å²) in [6.07, 6.45) is 0.959. The second-order valence-electron chi connectivity index (χ2n) is 5.46.